The molecule has 57 heavy (non-hydrogen) atoms. The van der Waals surface area contributed by atoms with Gasteiger partial charge in [0.25, 0.3) is 0 Å². The van der Waals surface area contributed by atoms with Crippen LogP contribution in [0, 0.1) is 0 Å². The van der Waals surface area contributed by atoms with Crippen molar-refractivity contribution in [1.29, 1.82) is 0 Å². The van der Waals surface area contributed by atoms with Gasteiger partial charge in [0, 0.05) is 54.6 Å². The summed E-state index contributed by atoms with van der Waals surface area (Å²) >= 11 is 0. The minimum absolute atomic E-state index is 0.0566. The lowest BCUT2D eigenvalue weighted by atomic mass is 9.97. The van der Waals surface area contributed by atoms with E-state index in [4.69, 9.17) is 29.3 Å². The predicted molar refractivity (Wildman–Crippen MR) is 230 cm³/mol. The Hall–Kier alpha value is -7.83. The molecule has 0 aliphatic carbocycles. The summed E-state index contributed by atoms with van der Waals surface area (Å²) in [5.74, 6) is 1.25. The Bertz CT molecular complexity index is 3820. The fourth-order valence-corrected chi connectivity index (χ4v) is 8.07. The van der Waals surface area contributed by atoms with Crippen molar-refractivity contribution in [2.75, 3.05) is 0 Å². The van der Waals surface area contributed by atoms with Crippen LogP contribution in [0.5, 0.6) is 0 Å². The summed E-state index contributed by atoms with van der Waals surface area (Å²) in [6.07, 6.45) is 0. The maximum absolute atomic E-state index is 9.23. The molecule has 8 aromatic carbocycles. The van der Waals surface area contributed by atoms with Gasteiger partial charge in [0.15, 0.2) is 17.5 Å². The molecule has 0 fully saturated rings. The normalized spacial score (nSPS) is 13.3. The first kappa shape index (κ1) is 26.1. The minimum Gasteiger partial charge on any atom is -0.455 e. The second kappa shape index (κ2) is 12.3. The summed E-state index contributed by atoms with van der Waals surface area (Å²) in [6, 6.07) is 44.7. The monoisotopic (exact) mass is 736 g/mol. The molecule has 6 heteroatoms. The molecule has 0 amide bonds. The Labute approximate surface area is 334 Å². The molecule has 4 aromatic heterocycles. The summed E-state index contributed by atoms with van der Waals surface area (Å²) in [4.78, 5) is 15.3. The van der Waals surface area contributed by atoms with Gasteiger partial charge in [-0.15, -0.1) is 0 Å². The third kappa shape index (κ3) is 4.87. The third-order valence-electron chi connectivity index (χ3n) is 10.6. The Balaban J connectivity index is 1.18. The van der Waals surface area contributed by atoms with Gasteiger partial charge >= 0.3 is 0 Å². The Morgan fingerprint density at radius 2 is 0.947 bits per heavy atom. The standard InChI is InChI=1S/C51H30N4O2/c1-2-14-31(15-3-1)49-52-50(54-51(53-49)40-23-13-21-38-36-19-7-11-27-46(36)57-48(38)40)32-28-29-44(55-42-24-8-4-16-33(42)34-17-5-9-25-43(34)55)41(30-32)39-22-12-20-37-35-18-6-10-26-45(35)56-47(37)39/h1-30H/i4D,5D,16D,17D,24D,25D. The van der Waals surface area contributed by atoms with Gasteiger partial charge in [-0.3, -0.25) is 0 Å². The van der Waals surface area contributed by atoms with Crippen LogP contribution in [-0.2, 0) is 0 Å². The second-order valence-corrected chi connectivity index (χ2v) is 13.9. The van der Waals surface area contributed by atoms with Gasteiger partial charge in [0.1, 0.15) is 22.3 Å². The summed E-state index contributed by atoms with van der Waals surface area (Å²) in [6.45, 7) is 0. The number of furan rings is 2. The van der Waals surface area contributed by atoms with Crippen LogP contribution in [-0.4, -0.2) is 19.5 Å². The zero-order valence-corrected chi connectivity index (χ0v) is 30.0. The van der Waals surface area contributed by atoms with E-state index in [1.165, 1.54) is 12.1 Å². The number of hydrogen-bond donors (Lipinski definition) is 0. The van der Waals surface area contributed by atoms with Crippen LogP contribution >= 0.6 is 0 Å². The summed E-state index contributed by atoms with van der Waals surface area (Å²) < 4.78 is 68.5. The molecule has 0 saturated heterocycles. The van der Waals surface area contributed by atoms with E-state index in [9.17, 15) is 2.74 Å². The zero-order valence-electron chi connectivity index (χ0n) is 36.0. The Morgan fingerprint density at radius 1 is 0.404 bits per heavy atom. The molecule has 0 aliphatic rings. The summed E-state index contributed by atoms with van der Waals surface area (Å²) in [7, 11) is 0. The third-order valence-corrected chi connectivity index (χ3v) is 10.6. The average molecular weight is 737 g/mol. The lowest BCUT2D eigenvalue weighted by Gasteiger charge is -2.16. The molecule has 0 atom stereocenters. The molecule has 0 bridgehead atoms. The van der Waals surface area contributed by atoms with E-state index in [0.717, 1.165) is 32.7 Å². The van der Waals surface area contributed by atoms with Crippen molar-refractivity contribution < 1.29 is 17.1 Å². The maximum Gasteiger partial charge on any atom is 0.167 e. The van der Waals surface area contributed by atoms with Crippen LogP contribution < -0.4 is 0 Å². The van der Waals surface area contributed by atoms with Crippen LogP contribution in [0.2, 0.25) is 0 Å². The molecule has 0 radical (unpaired) electrons. The van der Waals surface area contributed by atoms with Gasteiger partial charge in [-0.05, 0) is 48.5 Å². The van der Waals surface area contributed by atoms with Crippen molar-refractivity contribution in [1.82, 2.24) is 19.5 Å². The fourth-order valence-electron chi connectivity index (χ4n) is 8.07. The van der Waals surface area contributed by atoms with Gasteiger partial charge in [-0.25, -0.2) is 15.0 Å². The largest absolute Gasteiger partial charge is 0.455 e. The van der Waals surface area contributed by atoms with Gasteiger partial charge in [-0.2, -0.15) is 0 Å². The summed E-state index contributed by atoms with van der Waals surface area (Å²) in [5, 5.41) is 4.08. The molecule has 0 aliphatic heterocycles. The smallest absolute Gasteiger partial charge is 0.167 e. The minimum atomic E-state index is -0.188. The molecular weight excluding hydrogens is 701 g/mol. The fraction of sp³-hybridized carbons (Fsp3) is 0. The van der Waals surface area contributed by atoms with Gasteiger partial charge in [0.05, 0.1) is 30.5 Å². The van der Waals surface area contributed by atoms with Crippen molar-refractivity contribution in [2.45, 2.75) is 0 Å². The maximum atomic E-state index is 9.23. The average Bonchev–Trinajstić information content (AvgIpc) is 4.01. The molecule has 12 rings (SSSR count). The quantitative estimate of drug-likeness (QED) is 0.176. The summed E-state index contributed by atoms with van der Waals surface area (Å²) in [5.41, 5.74) is 7.17. The van der Waals surface area contributed by atoms with Crippen LogP contribution in [0.3, 0.4) is 0 Å². The van der Waals surface area contributed by atoms with Crippen LogP contribution in [0.1, 0.15) is 8.22 Å². The highest BCUT2D eigenvalue weighted by Crippen LogP contribution is 2.43. The van der Waals surface area contributed by atoms with Crippen molar-refractivity contribution in [3.05, 3.63) is 182 Å². The van der Waals surface area contributed by atoms with Gasteiger partial charge < -0.3 is 13.4 Å². The topological polar surface area (TPSA) is 69.9 Å². The second-order valence-electron chi connectivity index (χ2n) is 13.9. The lowest BCUT2D eigenvalue weighted by Crippen LogP contribution is -2.02. The van der Waals surface area contributed by atoms with Crippen molar-refractivity contribution >= 4 is 65.7 Å². The van der Waals surface area contributed by atoms with Crippen molar-refractivity contribution in [3.8, 4) is 51.0 Å². The number of fused-ring (bicyclic) bond motifs is 9. The molecule has 12 aromatic rings. The van der Waals surface area contributed by atoms with Crippen LogP contribution in [0.4, 0.5) is 0 Å². The predicted octanol–water partition coefficient (Wildman–Crippen LogP) is 13.4. The van der Waals surface area contributed by atoms with E-state index in [1.54, 1.807) is 4.57 Å². The highest BCUT2D eigenvalue weighted by molar-refractivity contribution is 6.13. The van der Waals surface area contributed by atoms with Crippen molar-refractivity contribution in [3.63, 3.8) is 0 Å². The number of para-hydroxylation sites is 6. The van der Waals surface area contributed by atoms with Crippen LogP contribution in [0.15, 0.2) is 191 Å². The van der Waals surface area contributed by atoms with Gasteiger partial charge in [0.2, 0.25) is 0 Å². The highest BCUT2D eigenvalue weighted by Gasteiger charge is 2.22. The SMILES string of the molecule is [2H]c1cc([2H])c2c(c1[2H])c1c([2H])c([2H])cc([2H])c1n2-c1ccc(-c2nc(-c3ccccc3)nc(-c3cccc4c3oc3ccccc34)n2)cc1-c1cccc2c1oc1ccccc12. The molecule has 0 unspecified atom stereocenters. The van der Waals surface area contributed by atoms with E-state index in [2.05, 4.69) is 0 Å². The molecule has 0 N–H and O–H groups in total. The number of aromatic nitrogens is 4. The van der Waals surface area contributed by atoms with E-state index in [0.29, 0.717) is 62.2 Å². The molecule has 0 saturated carbocycles. The number of rotatable bonds is 5. The number of benzene rings is 8. The first-order chi connectivity index (χ1) is 30.7. The first-order valence-electron chi connectivity index (χ1n) is 21.5. The zero-order chi connectivity index (χ0) is 42.7. The van der Waals surface area contributed by atoms with Crippen LogP contribution in [0.25, 0.3) is 117 Å². The van der Waals surface area contributed by atoms with Crippen molar-refractivity contribution in [2.24, 2.45) is 0 Å². The number of nitrogens with zero attached hydrogens (tertiary/aromatic N) is 4. The lowest BCUT2D eigenvalue weighted by molar-refractivity contribution is 0.669. The molecule has 6 nitrogen and oxygen atoms in total. The highest BCUT2D eigenvalue weighted by atomic mass is 16.3. The molecular formula is C51H30N4O2. The van der Waals surface area contributed by atoms with E-state index >= 15 is 0 Å². The molecule has 266 valence electrons. The Kier molecular flexibility index (Phi) is 5.64. The van der Waals surface area contributed by atoms with E-state index in [-0.39, 0.29) is 58.1 Å². The Morgan fingerprint density at radius 3 is 1.61 bits per heavy atom. The van der Waals surface area contributed by atoms with E-state index < -0.39 is 0 Å². The molecule has 0 spiro atoms. The van der Waals surface area contributed by atoms with Gasteiger partial charge in [-0.1, -0.05) is 133 Å². The molecule has 4 heterocycles. The number of hydrogen-bond acceptors (Lipinski definition) is 5. The van der Waals surface area contributed by atoms with E-state index in [1.807, 2.05) is 133 Å². The first-order valence-corrected chi connectivity index (χ1v) is 18.5.